The number of allylic oxidation sites excluding steroid dienone is 2. The molecule has 0 aliphatic carbocycles. The Labute approximate surface area is 172 Å². The largest absolute Gasteiger partial charge is 0.356 e. The van der Waals surface area contributed by atoms with E-state index in [1.54, 1.807) is 7.11 Å². The van der Waals surface area contributed by atoms with Crippen molar-refractivity contribution in [2.75, 3.05) is 14.2 Å². The Hall–Kier alpha value is -1.04. The third kappa shape index (κ3) is 14.9. The summed E-state index contributed by atoms with van der Waals surface area (Å²) >= 11 is 0. The first kappa shape index (κ1) is 27.0. The van der Waals surface area contributed by atoms with Gasteiger partial charge in [0.05, 0.1) is 5.92 Å². The van der Waals surface area contributed by atoms with E-state index in [2.05, 4.69) is 19.1 Å². The Balaban J connectivity index is 0.000000567. The zero-order chi connectivity index (χ0) is 20.9. The first-order valence-electron chi connectivity index (χ1n) is 11.0. The molecule has 3 atom stereocenters. The maximum Gasteiger partial charge on any atom is 0.169 e. The van der Waals surface area contributed by atoms with Crippen LogP contribution in [-0.2, 0) is 23.8 Å². The highest BCUT2D eigenvalue weighted by molar-refractivity contribution is 5.54. The molecule has 1 saturated heterocycles. The lowest BCUT2D eigenvalue weighted by Crippen LogP contribution is -2.19. The lowest BCUT2D eigenvalue weighted by Gasteiger charge is -2.11. The van der Waals surface area contributed by atoms with Gasteiger partial charge in [0.15, 0.2) is 12.6 Å². The summed E-state index contributed by atoms with van der Waals surface area (Å²) in [6.07, 6.45) is 21.3. The van der Waals surface area contributed by atoms with Crippen LogP contribution in [0.2, 0.25) is 0 Å². The van der Waals surface area contributed by atoms with Gasteiger partial charge in [-0.25, -0.2) is 0 Å². The topological polar surface area (TPSA) is 61.8 Å². The van der Waals surface area contributed by atoms with Gasteiger partial charge in [-0.1, -0.05) is 57.6 Å². The maximum absolute atomic E-state index is 10.4. The number of unbranched alkanes of at least 4 members (excludes halogenated alkanes) is 10. The average molecular weight is 399 g/mol. The third-order valence-electron chi connectivity index (χ3n) is 4.85. The Morgan fingerprint density at radius 3 is 1.86 bits per heavy atom. The summed E-state index contributed by atoms with van der Waals surface area (Å²) < 4.78 is 15.0. The molecule has 1 aliphatic rings. The van der Waals surface area contributed by atoms with E-state index in [-0.39, 0.29) is 12.2 Å². The highest BCUT2D eigenvalue weighted by atomic mass is 16.8. The van der Waals surface area contributed by atoms with Crippen molar-refractivity contribution in [3.63, 3.8) is 0 Å². The smallest absolute Gasteiger partial charge is 0.169 e. The summed E-state index contributed by atoms with van der Waals surface area (Å²) in [6, 6.07) is 0. The van der Waals surface area contributed by atoms with Crippen molar-refractivity contribution in [2.45, 2.75) is 103 Å². The van der Waals surface area contributed by atoms with E-state index in [0.717, 1.165) is 25.4 Å². The Bertz CT molecular complexity index is 383. The van der Waals surface area contributed by atoms with Crippen molar-refractivity contribution in [3.8, 4) is 0 Å². The number of rotatable bonds is 16. The number of ether oxygens (including phenoxy) is 3. The summed E-state index contributed by atoms with van der Waals surface area (Å²) in [7, 11) is 3.06. The van der Waals surface area contributed by atoms with Gasteiger partial charge >= 0.3 is 0 Å². The van der Waals surface area contributed by atoms with Crippen LogP contribution >= 0.6 is 0 Å². The number of hydrogen-bond acceptors (Lipinski definition) is 5. The van der Waals surface area contributed by atoms with E-state index in [4.69, 9.17) is 14.2 Å². The molecule has 28 heavy (non-hydrogen) atoms. The van der Waals surface area contributed by atoms with Gasteiger partial charge in [0.25, 0.3) is 0 Å². The predicted octanol–water partition coefficient (Wildman–Crippen LogP) is 5.61. The van der Waals surface area contributed by atoms with Crippen LogP contribution in [0.5, 0.6) is 0 Å². The quantitative estimate of drug-likeness (QED) is 0.192. The highest BCUT2D eigenvalue weighted by Crippen LogP contribution is 2.25. The maximum atomic E-state index is 10.4. The molecule has 5 heteroatoms. The fraction of sp³-hybridized carbons (Fsp3) is 0.826. The average Bonchev–Trinajstić information content (AvgIpc) is 3.14. The SMILES string of the molecule is CCCCCCC=CCCCCCCCC=O.COC1CC(C=O)C(OC)O1. The van der Waals surface area contributed by atoms with Gasteiger partial charge in [0, 0.05) is 27.1 Å². The number of aldehydes is 2. The van der Waals surface area contributed by atoms with Crippen LogP contribution in [0.15, 0.2) is 12.2 Å². The molecule has 1 heterocycles. The first-order chi connectivity index (χ1) is 13.7. The van der Waals surface area contributed by atoms with Gasteiger partial charge in [-0.05, 0) is 32.1 Å². The van der Waals surface area contributed by atoms with Crippen molar-refractivity contribution in [2.24, 2.45) is 5.92 Å². The van der Waals surface area contributed by atoms with Crippen LogP contribution in [0, 0.1) is 5.92 Å². The minimum absolute atomic E-state index is 0.190. The molecule has 1 aliphatic heterocycles. The standard InChI is InChI=1S/C16H30O.C7H12O4/c1-2-3-4-5-6-7-8-9-10-11-12-13-14-15-16-17;1-9-6-3-5(4-8)7(10-2)11-6/h7-8,16H,2-6,9-15H2,1H3;4-7H,3H2,1-2H3. The monoisotopic (exact) mass is 398 g/mol. The third-order valence-corrected chi connectivity index (χ3v) is 4.85. The van der Waals surface area contributed by atoms with E-state index < -0.39 is 6.29 Å². The predicted molar refractivity (Wildman–Crippen MR) is 113 cm³/mol. The van der Waals surface area contributed by atoms with E-state index >= 15 is 0 Å². The summed E-state index contributed by atoms with van der Waals surface area (Å²) in [4.78, 5) is 20.5. The van der Waals surface area contributed by atoms with Crippen LogP contribution in [0.4, 0.5) is 0 Å². The van der Waals surface area contributed by atoms with Crippen LogP contribution in [0.1, 0.15) is 90.4 Å². The van der Waals surface area contributed by atoms with E-state index in [0.29, 0.717) is 6.42 Å². The van der Waals surface area contributed by atoms with Crippen LogP contribution < -0.4 is 0 Å². The van der Waals surface area contributed by atoms with Gasteiger partial charge in [-0.2, -0.15) is 0 Å². The van der Waals surface area contributed by atoms with E-state index in [9.17, 15) is 9.59 Å². The van der Waals surface area contributed by atoms with Crippen molar-refractivity contribution < 1.29 is 23.8 Å². The van der Waals surface area contributed by atoms with Crippen LogP contribution in [0.3, 0.4) is 0 Å². The molecule has 5 nitrogen and oxygen atoms in total. The van der Waals surface area contributed by atoms with Gasteiger partial charge in [0.2, 0.25) is 0 Å². The lowest BCUT2D eigenvalue weighted by molar-refractivity contribution is -0.192. The van der Waals surface area contributed by atoms with E-state index in [1.807, 2.05) is 0 Å². The fourth-order valence-corrected chi connectivity index (χ4v) is 3.09. The number of carbonyl (C=O) groups is 2. The number of methoxy groups -OCH3 is 2. The van der Waals surface area contributed by atoms with Crippen molar-refractivity contribution in [1.82, 2.24) is 0 Å². The molecule has 0 spiro atoms. The molecule has 0 radical (unpaired) electrons. The number of hydrogen-bond donors (Lipinski definition) is 0. The molecule has 0 aromatic carbocycles. The lowest BCUT2D eigenvalue weighted by atomic mass is 10.1. The summed E-state index contributed by atoms with van der Waals surface area (Å²) in [5, 5.41) is 0. The zero-order valence-electron chi connectivity index (χ0n) is 18.3. The molecule has 3 unspecified atom stereocenters. The molecular weight excluding hydrogens is 356 g/mol. The summed E-state index contributed by atoms with van der Waals surface area (Å²) in [5.41, 5.74) is 0. The highest BCUT2D eigenvalue weighted by Gasteiger charge is 2.35. The molecule has 0 aromatic heterocycles. The van der Waals surface area contributed by atoms with Crippen molar-refractivity contribution in [3.05, 3.63) is 12.2 Å². The molecular formula is C23H42O5. The second-order valence-electron chi connectivity index (χ2n) is 7.27. The fourth-order valence-electron chi connectivity index (χ4n) is 3.09. The van der Waals surface area contributed by atoms with Gasteiger partial charge < -0.3 is 23.8 Å². The van der Waals surface area contributed by atoms with Crippen LogP contribution in [-0.4, -0.2) is 39.4 Å². The Kier molecular flexibility index (Phi) is 19.9. The van der Waals surface area contributed by atoms with Crippen molar-refractivity contribution in [1.29, 1.82) is 0 Å². The van der Waals surface area contributed by atoms with Gasteiger partial charge in [-0.3, -0.25) is 0 Å². The first-order valence-corrected chi connectivity index (χ1v) is 11.0. The molecule has 0 N–H and O–H groups in total. The Morgan fingerprint density at radius 1 is 0.821 bits per heavy atom. The number of carbonyl (C=O) groups excluding carboxylic acids is 2. The molecule has 1 rings (SSSR count). The molecule has 164 valence electrons. The van der Waals surface area contributed by atoms with Gasteiger partial charge in [0.1, 0.15) is 12.6 Å². The zero-order valence-corrected chi connectivity index (χ0v) is 18.3. The molecule has 0 aromatic rings. The minimum Gasteiger partial charge on any atom is -0.356 e. The van der Waals surface area contributed by atoms with E-state index in [1.165, 1.54) is 71.3 Å². The normalized spacial score (nSPS) is 21.5. The Morgan fingerprint density at radius 2 is 1.39 bits per heavy atom. The molecule has 0 amide bonds. The minimum atomic E-state index is -0.433. The summed E-state index contributed by atoms with van der Waals surface area (Å²) in [5.74, 6) is -0.190. The molecule has 0 saturated carbocycles. The second-order valence-corrected chi connectivity index (χ2v) is 7.27. The molecule has 1 fully saturated rings. The summed E-state index contributed by atoms with van der Waals surface area (Å²) in [6.45, 7) is 2.25. The second kappa shape index (κ2) is 20.7. The van der Waals surface area contributed by atoms with Crippen molar-refractivity contribution >= 4 is 12.6 Å². The molecule has 0 bridgehead atoms. The van der Waals surface area contributed by atoms with Crippen LogP contribution in [0.25, 0.3) is 0 Å². The van der Waals surface area contributed by atoms with Gasteiger partial charge in [-0.15, -0.1) is 0 Å².